The Balaban J connectivity index is 2.15. The number of carbonyl (C=O) groups excluding carboxylic acids is 1. The van der Waals surface area contributed by atoms with Crippen molar-refractivity contribution in [3.63, 3.8) is 0 Å². The maximum absolute atomic E-state index is 14.1. The Morgan fingerprint density at radius 2 is 2.14 bits per heavy atom. The van der Waals surface area contributed by atoms with Crippen molar-refractivity contribution in [2.24, 2.45) is 0 Å². The van der Waals surface area contributed by atoms with Crippen molar-refractivity contribution in [2.45, 2.75) is 37.7 Å². The average molecular weight is 436 g/mol. The molecule has 0 amide bonds. The quantitative estimate of drug-likeness (QED) is 0.581. The first kappa shape index (κ1) is 16.1. The fourth-order valence-electron chi connectivity index (χ4n) is 2.92. The van der Waals surface area contributed by atoms with E-state index in [0.717, 1.165) is 46.5 Å². The topological polar surface area (TPSA) is 50.6 Å². The number of methoxy groups -OCH3 is 1. The summed E-state index contributed by atoms with van der Waals surface area (Å²) in [5, 5.41) is 10.9. The standard InChI is InChI=1S/C15H16BrFNO3Se/c1-21-14(19)9-7-11-12(16)13(22-18(11)8-10(9)17)15(20)5-3-2-4-6-15/h7-8,20H,2-6H2,1H3/q+1. The van der Waals surface area contributed by atoms with Crippen molar-refractivity contribution in [1.82, 2.24) is 0 Å². The van der Waals surface area contributed by atoms with Gasteiger partial charge < -0.3 is 0 Å². The van der Waals surface area contributed by atoms with E-state index < -0.39 is 17.4 Å². The molecule has 0 unspecified atom stereocenters. The van der Waals surface area contributed by atoms with Crippen molar-refractivity contribution >= 4 is 42.1 Å². The van der Waals surface area contributed by atoms with E-state index in [1.807, 2.05) is 0 Å². The van der Waals surface area contributed by atoms with Gasteiger partial charge in [0.05, 0.1) is 0 Å². The van der Waals surface area contributed by atoms with E-state index in [1.165, 1.54) is 19.4 Å². The summed E-state index contributed by atoms with van der Waals surface area (Å²) in [5.74, 6) is -1.30. The number of aromatic nitrogens is 1. The minimum atomic E-state index is -0.814. The second-order valence-corrected chi connectivity index (χ2v) is 8.42. The molecule has 0 atom stereocenters. The van der Waals surface area contributed by atoms with Gasteiger partial charge >= 0.3 is 142 Å². The Labute approximate surface area is 142 Å². The molecule has 2 aromatic rings. The predicted molar refractivity (Wildman–Crippen MR) is 82.5 cm³/mol. The molecule has 0 saturated heterocycles. The van der Waals surface area contributed by atoms with Gasteiger partial charge in [-0.2, -0.15) is 0 Å². The number of carbonyl (C=O) groups is 1. The molecule has 1 N–H and O–H groups in total. The second-order valence-electron chi connectivity index (χ2n) is 5.56. The molecule has 1 aliphatic rings. The number of hydrogen-bond acceptors (Lipinski definition) is 3. The van der Waals surface area contributed by atoms with Crippen LogP contribution in [0.4, 0.5) is 4.39 Å². The molecule has 0 bridgehead atoms. The third kappa shape index (κ3) is 2.64. The molecular formula is C15H16BrFNO3Se+. The van der Waals surface area contributed by atoms with Crippen LogP contribution in [0.2, 0.25) is 0 Å². The van der Waals surface area contributed by atoms with Crippen LogP contribution >= 0.6 is 15.9 Å². The Morgan fingerprint density at radius 1 is 1.45 bits per heavy atom. The summed E-state index contributed by atoms with van der Waals surface area (Å²) < 4.78 is 22.2. The van der Waals surface area contributed by atoms with Crippen LogP contribution < -0.4 is 3.40 Å². The molecule has 1 saturated carbocycles. The van der Waals surface area contributed by atoms with Crippen molar-refractivity contribution in [3.05, 3.63) is 32.6 Å². The third-order valence-corrected chi connectivity index (χ3v) is 8.18. The van der Waals surface area contributed by atoms with E-state index in [2.05, 4.69) is 20.7 Å². The Hall–Kier alpha value is -0.751. The van der Waals surface area contributed by atoms with Gasteiger partial charge in [0.1, 0.15) is 0 Å². The van der Waals surface area contributed by atoms with Crippen LogP contribution in [-0.4, -0.2) is 32.9 Å². The number of hydrogen-bond donors (Lipinski definition) is 1. The number of rotatable bonds is 2. The Bertz CT molecular complexity index is 740. The molecule has 1 aliphatic carbocycles. The zero-order valence-corrected chi connectivity index (χ0v) is 15.4. The van der Waals surface area contributed by atoms with E-state index in [4.69, 9.17) is 0 Å². The predicted octanol–water partition coefficient (Wildman–Crippen LogP) is 2.32. The summed E-state index contributed by atoms with van der Waals surface area (Å²) in [4.78, 5) is 11.6. The fraction of sp³-hybridized carbons (Fsp3) is 0.467. The van der Waals surface area contributed by atoms with Crippen molar-refractivity contribution < 1.29 is 22.4 Å². The molecule has 0 aromatic carbocycles. The number of nitrogens with zero attached hydrogens (tertiary/aromatic N) is 1. The van der Waals surface area contributed by atoms with E-state index in [9.17, 15) is 14.3 Å². The van der Waals surface area contributed by atoms with Crippen LogP contribution in [-0.2, 0) is 10.3 Å². The molecule has 1 fully saturated rings. The zero-order valence-electron chi connectivity index (χ0n) is 12.1. The van der Waals surface area contributed by atoms with Gasteiger partial charge in [-0.15, -0.1) is 0 Å². The monoisotopic (exact) mass is 436 g/mol. The van der Waals surface area contributed by atoms with Gasteiger partial charge in [-0.3, -0.25) is 0 Å². The normalized spacial score (nSPS) is 17.6. The molecule has 4 nitrogen and oxygen atoms in total. The Morgan fingerprint density at radius 3 is 2.77 bits per heavy atom. The van der Waals surface area contributed by atoms with Crippen molar-refractivity contribution in [3.8, 4) is 0 Å². The number of fused-ring (bicyclic) bond motifs is 1. The summed E-state index contributed by atoms with van der Waals surface area (Å²) in [6, 6.07) is 1.49. The molecule has 2 heterocycles. The molecule has 7 heteroatoms. The van der Waals surface area contributed by atoms with Crippen LogP contribution in [0.15, 0.2) is 16.7 Å². The SMILES string of the molecule is COC(=O)c1cc2c(Br)c(C3(O)CCCCC3)[se][n+]2cc1F. The second kappa shape index (κ2) is 6.04. The fourth-order valence-corrected chi connectivity index (χ4v) is 6.63. The Kier molecular flexibility index (Phi) is 4.42. The molecular weight excluding hydrogens is 420 g/mol. The summed E-state index contributed by atoms with van der Waals surface area (Å²) in [7, 11) is 1.23. The first-order valence-corrected chi connectivity index (χ1v) is 9.53. The van der Waals surface area contributed by atoms with E-state index in [1.54, 1.807) is 3.40 Å². The minimum absolute atomic E-state index is 0.0848. The molecule has 0 spiro atoms. The third-order valence-electron chi connectivity index (χ3n) is 4.13. The van der Waals surface area contributed by atoms with Gasteiger partial charge in [-0.1, -0.05) is 0 Å². The van der Waals surface area contributed by atoms with Crippen LogP contribution in [0.1, 0.15) is 46.9 Å². The van der Waals surface area contributed by atoms with E-state index >= 15 is 0 Å². The van der Waals surface area contributed by atoms with Gasteiger partial charge in [0.2, 0.25) is 0 Å². The van der Waals surface area contributed by atoms with Crippen LogP contribution in [0.25, 0.3) is 5.52 Å². The van der Waals surface area contributed by atoms with Crippen molar-refractivity contribution in [1.29, 1.82) is 0 Å². The van der Waals surface area contributed by atoms with E-state index in [-0.39, 0.29) is 20.3 Å². The summed E-state index contributed by atoms with van der Waals surface area (Å²) >= 11 is 3.33. The number of aliphatic hydroxyl groups is 1. The number of ether oxygens (including phenoxy) is 1. The van der Waals surface area contributed by atoms with Crippen LogP contribution in [0.3, 0.4) is 0 Å². The summed E-state index contributed by atoms with van der Waals surface area (Å²) in [6.45, 7) is 0. The first-order chi connectivity index (χ1) is 10.5. The van der Waals surface area contributed by atoms with Crippen LogP contribution in [0.5, 0.6) is 0 Å². The molecule has 22 heavy (non-hydrogen) atoms. The van der Waals surface area contributed by atoms with Gasteiger partial charge in [-0.25, -0.2) is 0 Å². The average Bonchev–Trinajstić information content (AvgIpc) is 2.83. The molecule has 0 aliphatic heterocycles. The van der Waals surface area contributed by atoms with Crippen LogP contribution in [0, 0.1) is 5.82 Å². The number of pyridine rings is 1. The molecule has 0 radical (unpaired) electrons. The van der Waals surface area contributed by atoms with Gasteiger partial charge in [0.15, 0.2) is 0 Å². The maximum atomic E-state index is 14.1. The van der Waals surface area contributed by atoms with Gasteiger partial charge in [-0.05, 0) is 0 Å². The van der Waals surface area contributed by atoms with Gasteiger partial charge in [0, 0.05) is 0 Å². The van der Waals surface area contributed by atoms with Gasteiger partial charge in [0.25, 0.3) is 0 Å². The van der Waals surface area contributed by atoms with Crippen molar-refractivity contribution in [2.75, 3.05) is 7.11 Å². The zero-order chi connectivity index (χ0) is 15.9. The van der Waals surface area contributed by atoms with E-state index in [0.29, 0.717) is 0 Å². The molecule has 118 valence electrons. The summed E-state index contributed by atoms with van der Waals surface area (Å²) in [5.41, 5.74) is -0.181. The molecule has 2 aromatic heterocycles. The molecule has 3 rings (SSSR count). The number of halogens is 2. The summed E-state index contributed by atoms with van der Waals surface area (Å²) in [6.07, 6.45) is 5.93. The number of esters is 1. The first-order valence-electron chi connectivity index (χ1n) is 7.11.